The Hall–Kier alpha value is -1.08. The van der Waals surface area contributed by atoms with Gasteiger partial charge in [0.25, 0.3) is 0 Å². The summed E-state index contributed by atoms with van der Waals surface area (Å²) in [5.74, 6) is 0. The summed E-state index contributed by atoms with van der Waals surface area (Å²) in [7, 11) is 0. The molecule has 0 aromatic heterocycles. The number of aliphatic hydroxyl groups is 1. The lowest BCUT2D eigenvalue weighted by Gasteiger charge is -2.18. The zero-order chi connectivity index (χ0) is 9.97. The number of allylic oxidation sites excluding steroid dienone is 1. The lowest BCUT2D eigenvalue weighted by molar-refractivity contribution is 0.299. The van der Waals surface area contributed by atoms with E-state index < -0.39 is 0 Å². The first-order chi connectivity index (χ1) is 6.81. The zero-order valence-corrected chi connectivity index (χ0v) is 8.42. The van der Waals surface area contributed by atoms with Crippen molar-refractivity contribution in [2.24, 2.45) is 0 Å². The van der Waals surface area contributed by atoms with E-state index >= 15 is 0 Å². The van der Waals surface area contributed by atoms with E-state index in [0.29, 0.717) is 0 Å². The molecule has 74 valence electrons. The molecule has 14 heavy (non-hydrogen) atoms. The van der Waals surface area contributed by atoms with Crippen molar-refractivity contribution < 1.29 is 5.11 Å². The van der Waals surface area contributed by atoms with Crippen molar-refractivity contribution in [2.45, 2.75) is 25.7 Å². The minimum absolute atomic E-state index is 0.236. The van der Waals surface area contributed by atoms with Crippen LogP contribution in [0.3, 0.4) is 0 Å². The van der Waals surface area contributed by atoms with Gasteiger partial charge in [-0.05, 0) is 47.9 Å². The molecule has 1 nitrogen and oxygen atoms in total. The minimum Gasteiger partial charge on any atom is -0.396 e. The highest BCUT2D eigenvalue weighted by atomic mass is 16.2. The van der Waals surface area contributed by atoms with Gasteiger partial charge >= 0.3 is 0 Å². The van der Waals surface area contributed by atoms with E-state index in [2.05, 4.69) is 24.8 Å². The van der Waals surface area contributed by atoms with Crippen LogP contribution in [-0.4, -0.2) is 11.7 Å². The largest absolute Gasteiger partial charge is 0.396 e. The fourth-order valence-electron chi connectivity index (χ4n) is 2.11. The van der Waals surface area contributed by atoms with Gasteiger partial charge in [-0.2, -0.15) is 0 Å². The number of aryl methyl sites for hydroxylation is 1. The van der Waals surface area contributed by atoms with E-state index in [0.717, 1.165) is 19.3 Å². The van der Waals surface area contributed by atoms with Crippen molar-refractivity contribution in [3.8, 4) is 0 Å². The van der Waals surface area contributed by atoms with Crippen molar-refractivity contribution in [1.82, 2.24) is 0 Å². The van der Waals surface area contributed by atoms with Gasteiger partial charge in [0.1, 0.15) is 0 Å². The number of hydrogen-bond donors (Lipinski definition) is 1. The second-order valence-corrected chi connectivity index (χ2v) is 3.92. The molecular formula is C13H16O. The monoisotopic (exact) mass is 188 g/mol. The van der Waals surface area contributed by atoms with Crippen molar-refractivity contribution in [2.75, 3.05) is 6.61 Å². The topological polar surface area (TPSA) is 20.2 Å². The standard InChI is InChI=1S/C13H16O/c1-10-3-2-4-12-9-11(7-8-14)5-6-13(10)12/h5-6,9,14H,1-4,7-8H2. The van der Waals surface area contributed by atoms with E-state index in [4.69, 9.17) is 5.11 Å². The van der Waals surface area contributed by atoms with Gasteiger partial charge in [0.05, 0.1) is 0 Å². The molecular weight excluding hydrogens is 172 g/mol. The molecule has 0 atom stereocenters. The van der Waals surface area contributed by atoms with Crippen LogP contribution >= 0.6 is 0 Å². The zero-order valence-electron chi connectivity index (χ0n) is 8.42. The van der Waals surface area contributed by atoms with E-state index in [1.807, 2.05) is 0 Å². The minimum atomic E-state index is 0.236. The Kier molecular flexibility index (Phi) is 2.69. The first-order valence-electron chi connectivity index (χ1n) is 5.22. The van der Waals surface area contributed by atoms with Crippen LogP contribution in [0.2, 0.25) is 0 Å². The first kappa shape index (κ1) is 9.47. The lowest BCUT2D eigenvalue weighted by Crippen LogP contribution is -2.02. The van der Waals surface area contributed by atoms with E-state index in [-0.39, 0.29) is 6.61 Å². The third-order valence-corrected chi connectivity index (χ3v) is 2.88. The molecule has 0 radical (unpaired) electrons. The maximum atomic E-state index is 8.86. The highest BCUT2D eigenvalue weighted by Crippen LogP contribution is 2.29. The Morgan fingerprint density at radius 1 is 1.29 bits per heavy atom. The first-order valence-corrected chi connectivity index (χ1v) is 5.22. The predicted octanol–water partition coefficient (Wildman–Crippen LogP) is 2.57. The van der Waals surface area contributed by atoms with Crippen molar-refractivity contribution in [1.29, 1.82) is 0 Å². The quantitative estimate of drug-likeness (QED) is 0.756. The van der Waals surface area contributed by atoms with Crippen LogP contribution in [0.1, 0.15) is 29.5 Å². The summed E-state index contributed by atoms with van der Waals surface area (Å²) in [6.07, 6.45) is 4.27. The van der Waals surface area contributed by atoms with Gasteiger partial charge < -0.3 is 5.11 Å². The molecule has 0 aliphatic heterocycles. The molecule has 0 bridgehead atoms. The molecule has 0 spiro atoms. The predicted molar refractivity (Wildman–Crippen MR) is 59.2 cm³/mol. The summed E-state index contributed by atoms with van der Waals surface area (Å²) in [6.45, 7) is 4.32. The van der Waals surface area contributed by atoms with Gasteiger partial charge in [-0.1, -0.05) is 24.8 Å². The lowest BCUT2D eigenvalue weighted by atomic mass is 9.87. The average molecular weight is 188 g/mol. The van der Waals surface area contributed by atoms with Crippen LogP contribution < -0.4 is 0 Å². The third kappa shape index (κ3) is 1.73. The summed E-state index contributed by atoms with van der Waals surface area (Å²) in [5.41, 5.74) is 5.24. The molecule has 1 heteroatoms. The van der Waals surface area contributed by atoms with Crippen LogP contribution in [-0.2, 0) is 12.8 Å². The molecule has 1 N–H and O–H groups in total. The summed E-state index contributed by atoms with van der Waals surface area (Å²) in [6, 6.07) is 6.48. The SMILES string of the molecule is C=C1CCCc2cc(CCO)ccc21. The molecule has 1 aromatic rings. The van der Waals surface area contributed by atoms with Gasteiger partial charge in [0.2, 0.25) is 0 Å². The molecule has 0 unspecified atom stereocenters. The normalized spacial score (nSPS) is 15.4. The van der Waals surface area contributed by atoms with Crippen molar-refractivity contribution in [3.63, 3.8) is 0 Å². The average Bonchev–Trinajstić information content (AvgIpc) is 2.18. The van der Waals surface area contributed by atoms with E-state index in [1.54, 1.807) is 0 Å². The van der Waals surface area contributed by atoms with Gasteiger partial charge in [-0.15, -0.1) is 0 Å². The van der Waals surface area contributed by atoms with Gasteiger partial charge in [0.15, 0.2) is 0 Å². The molecule has 0 heterocycles. The molecule has 2 rings (SSSR count). The van der Waals surface area contributed by atoms with E-state index in [9.17, 15) is 0 Å². The van der Waals surface area contributed by atoms with Crippen LogP contribution in [0.4, 0.5) is 0 Å². The highest BCUT2D eigenvalue weighted by molar-refractivity contribution is 5.68. The fraction of sp³-hybridized carbons (Fsp3) is 0.385. The van der Waals surface area contributed by atoms with E-state index in [1.165, 1.54) is 28.7 Å². The second-order valence-electron chi connectivity index (χ2n) is 3.92. The van der Waals surface area contributed by atoms with Gasteiger partial charge in [0, 0.05) is 6.61 Å². The van der Waals surface area contributed by atoms with Crippen LogP contribution in [0.5, 0.6) is 0 Å². The van der Waals surface area contributed by atoms with Crippen molar-refractivity contribution in [3.05, 3.63) is 41.5 Å². The summed E-state index contributed by atoms with van der Waals surface area (Å²) >= 11 is 0. The fourth-order valence-corrected chi connectivity index (χ4v) is 2.11. The number of hydrogen-bond acceptors (Lipinski definition) is 1. The molecule has 0 saturated carbocycles. The molecule has 0 saturated heterocycles. The van der Waals surface area contributed by atoms with Crippen LogP contribution in [0.15, 0.2) is 24.8 Å². The Morgan fingerprint density at radius 3 is 2.93 bits per heavy atom. The maximum absolute atomic E-state index is 8.86. The Labute approximate surface area is 85.1 Å². The Balaban J connectivity index is 2.34. The maximum Gasteiger partial charge on any atom is 0.0471 e. The van der Waals surface area contributed by atoms with Crippen molar-refractivity contribution >= 4 is 5.57 Å². The highest BCUT2D eigenvalue weighted by Gasteiger charge is 2.12. The molecule has 1 aliphatic rings. The number of fused-ring (bicyclic) bond motifs is 1. The van der Waals surface area contributed by atoms with Crippen LogP contribution in [0, 0.1) is 0 Å². The molecule has 1 aromatic carbocycles. The number of rotatable bonds is 2. The summed E-state index contributed by atoms with van der Waals surface area (Å²) in [5, 5.41) is 8.86. The smallest absolute Gasteiger partial charge is 0.0471 e. The van der Waals surface area contributed by atoms with Crippen LogP contribution in [0.25, 0.3) is 5.57 Å². The molecule has 1 aliphatic carbocycles. The third-order valence-electron chi connectivity index (χ3n) is 2.88. The number of benzene rings is 1. The molecule has 0 amide bonds. The van der Waals surface area contributed by atoms with Gasteiger partial charge in [-0.25, -0.2) is 0 Å². The summed E-state index contributed by atoms with van der Waals surface area (Å²) in [4.78, 5) is 0. The Morgan fingerprint density at radius 2 is 2.14 bits per heavy atom. The summed E-state index contributed by atoms with van der Waals surface area (Å²) < 4.78 is 0. The molecule has 0 fully saturated rings. The van der Waals surface area contributed by atoms with Gasteiger partial charge in [-0.3, -0.25) is 0 Å². The Bertz CT molecular complexity index is 352. The second kappa shape index (κ2) is 3.97. The number of aliphatic hydroxyl groups excluding tert-OH is 1.